The first-order valence-corrected chi connectivity index (χ1v) is 9.34. The van der Waals surface area contributed by atoms with E-state index < -0.39 is 0 Å². The quantitative estimate of drug-likeness (QED) is 0.263. The number of aromatic nitrogens is 2. The zero-order chi connectivity index (χ0) is 19.5. The number of hydrogen-bond donors (Lipinski definition) is 0. The van der Waals surface area contributed by atoms with E-state index in [0.29, 0.717) is 11.8 Å². The van der Waals surface area contributed by atoms with Crippen LogP contribution in [0.25, 0.3) is 22.9 Å². The summed E-state index contributed by atoms with van der Waals surface area (Å²) in [6.07, 6.45) is 3.45. The van der Waals surface area contributed by atoms with Crippen molar-refractivity contribution in [3.05, 3.63) is 83.6 Å². The molecule has 0 fully saturated rings. The first-order chi connectivity index (χ1) is 13.4. The summed E-state index contributed by atoms with van der Waals surface area (Å²) in [5.74, 6) is 1.13. The van der Waals surface area contributed by atoms with E-state index in [1.807, 2.05) is 36.4 Å². The van der Waals surface area contributed by atoms with Crippen LogP contribution in [0.3, 0.4) is 0 Å². The maximum atomic E-state index is 5.84. The van der Waals surface area contributed by atoms with Crippen molar-refractivity contribution in [2.45, 2.75) is 38.5 Å². The van der Waals surface area contributed by atoms with Gasteiger partial charge in [0, 0.05) is 10.8 Å². The van der Waals surface area contributed by atoms with Crippen molar-refractivity contribution in [3.63, 3.8) is 0 Å². The average Bonchev–Trinajstić information content (AvgIpc) is 3.38. The summed E-state index contributed by atoms with van der Waals surface area (Å²) >= 11 is 0. The molecule has 0 amide bonds. The Hall–Kier alpha value is -2.45. The average molecular weight is 564 g/mol. The predicted molar refractivity (Wildman–Crippen MR) is 106 cm³/mol. The molecule has 0 saturated carbocycles. The molecular formula is C24H20N2O2Pt. The van der Waals surface area contributed by atoms with Gasteiger partial charge in [-0.1, -0.05) is 38.8 Å². The third kappa shape index (κ3) is 3.10. The fourth-order valence-corrected chi connectivity index (χ4v) is 3.56. The summed E-state index contributed by atoms with van der Waals surface area (Å²) in [5, 5.41) is 0. The van der Waals surface area contributed by atoms with E-state index >= 15 is 0 Å². The van der Waals surface area contributed by atoms with Crippen LogP contribution in [0.15, 0.2) is 57.8 Å². The van der Waals surface area contributed by atoms with Crippen LogP contribution in [-0.2, 0) is 31.9 Å². The van der Waals surface area contributed by atoms with Gasteiger partial charge in [0.15, 0.2) is 0 Å². The topological polar surface area (TPSA) is 52.1 Å². The molecule has 29 heavy (non-hydrogen) atoms. The van der Waals surface area contributed by atoms with E-state index in [4.69, 9.17) is 18.8 Å². The first kappa shape index (κ1) is 19.8. The van der Waals surface area contributed by atoms with E-state index in [0.717, 1.165) is 33.6 Å². The maximum Gasteiger partial charge on any atom is 2.00 e. The Labute approximate surface area is 184 Å². The summed E-state index contributed by atoms with van der Waals surface area (Å²) < 4.78 is 11.7. The van der Waals surface area contributed by atoms with Crippen LogP contribution in [0.1, 0.15) is 50.2 Å². The van der Waals surface area contributed by atoms with Crippen molar-refractivity contribution >= 4 is 0 Å². The van der Waals surface area contributed by atoms with Gasteiger partial charge in [-0.25, -0.2) is 0 Å². The number of nitrogens with zero attached hydrogens (tertiary/aromatic N) is 2. The van der Waals surface area contributed by atoms with Crippen molar-refractivity contribution in [2.24, 2.45) is 0 Å². The van der Waals surface area contributed by atoms with Crippen LogP contribution >= 0.6 is 0 Å². The van der Waals surface area contributed by atoms with Crippen LogP contribution in [0.4, 0.5) is 0 Å². The normalized spacial score (nSPS) is 15.9. The summed E-state index contributed by atoms with van der Waals surface area (Å²) in [7, 11) is 0. The van der Waals surface area contributed by atoms with Gasteiger partial charge in [-0.3, -0.25) is 9.97 Å². The molecule has 4 nitrogen and oxygen atoms in total. The van der Waals surface area contributed by atoms with Gasteiger partial charge in [-0.2, -0.15) is 0 Å². The van der Waals surface area contributed by atoms with Crippen molar-refractivity contribution in [1.29, 1.82) is 0 Å². The number of hydrogen-bond acceptors (Lipinski definition) is 4. The Morgan fingerprint density at radius 1 is 0.690 bits per heavy atom. The molecule has 0 aliphatic carbocycles. The second-order valence-electron chi connectivity index (χ2n) is 8.28. The molecule has 0 unspecified atom stereocenters. The Balaban J connectivity index is 0.00000205. The molecule has 0 atom stereocenters. The largest absolute Gasteiger partial charge is 2.00 e. The van der Waals surface area contributed by atoms with Crippen LogP contribution in [0.5, 0.6) is 0 Å². The number of benzene rings is 2. The van der Waals surface area contributed by atoms with Gasteiger partial charge in [-0.05, 0) is 0 Å². The summed E-state index contributed by atoms with van der Waals surface area (Å²) in [6, 6.07) is 19.0. The Morgan fingerprint density at radius 3 is 1.52 bits per heavy atom. The van der Waals surface area contributed by atoms with Gasteiger partial charge in [0.25, 0.3) is 0 Å². The van der Waals surface area contributed by atoms with Crippen molar-refractivity contribution < 1.29 is 29.9 Å². The molecule has 0 radical (unpaired) electrons. The SMILES string of the molecule is CC1(C)c2[c-]c(ccc2)-c2nc(co2)C(C)(C)c2[c-]c(ccc2)-c2nc1co2.[Pt+2]. The van der Waals surface area contributed by atoms with Gasteiger partial charge in [0.05, 0.1) is 11.4 Å². The van der Waals surface area contributed by atoms with Crippen LogP contribution < -0.4 is 0 Å². The smallest absolute Gasteiger partial charge is 0.488 e. The standard InChI is InChI=1S/C24H20N2O2.Pt/c1-23(2)17-9-5-7-15(11-17)22-26-20(14-28-22)24(3,4)18-10-6-8-16(12-18)21-25-19(23)13-27-21;/h5-10,13-14H,1-4H3;/q-2;+2. The van der Waals surface area contributed by atoms with Crippen molar-refractivity contribution in [1.82, 2.24) is 9.97 Å². The molecule has 4 aromatic rings. The van der Waals surface area contributed by atoms with E-state index in [1.165, 1.54) is 0 Å². The molecular weight excluding hydrogens is 543 g/mol. The van der Waals surface area contributed by atoms with Gasteiger partial charge in [0.2, 0.25) is 0 Å². The van der Waals surface area contributed by atoms with Gasteiger partial charge in [0.1, 0.15) is 24.3 Å². The molecule has 1 aliphatic rings. The molecule has 2 aromatic heterocycles. The summed E-state index contributed by atoms with van der Waals surface area (Å²) in [5.41, 5.74) is 4.58. The molecule has 0 spiro atoms. The molecule has 1 aliphatic heterocycles. The zero-order valence-corrected chi connectivity index (χ0v) is 18.9. The Bertz CT molecular complexity index is 1090. The third-order valence-corrected chi connectivity index (χ3v) is 5.69. The molecule has 8 bridgehead atoms. The van der Waals surface area contributed by atoms with Crippen LogP contribution in [-0.4, -0.2) is 9.97 Å². The number of oxazole rings is 2. The minimum absolute atomic E-state index is 0. The summed E-state index contributed by atoms with van der Waals surface area (Å²) in [6.45, 7) is 8.45. The monoisotopic (exact) mass is 563 g/mol. The van der Waals surface area contributed by atoms with Crippen LogP contribution in [0.2, 0.25) is 0 Å². The Kier molecular flexibility index (Phi) is 4.66. The second kappa shape index (κ2) is 6.81. The first-order valence-electron chi connectivity index (χ1n) is 9.34. The summed E-state index contributed by atoms with van der Waals surface area (Å²) in [4.78, 5) is 9.57. The number of fused-ring (bicyclic) bond motifs is 10. The van der Waals surface area contributed by atoms with Gasteiger partial charge < -0.3 is 8.83 Å². The molecule has 0 N–H and O–H groups in total. The molecule has 0 saturated heterocycles. The third-order valence-electron chi connectivity index (χ3n) is 5.69. The van der Waals surface area contributed by atoms with Crippen molar-refractivity contribution in [2.75, 3.05) is 0 Å². The van der Waals surface area contributed by atoms with E-state index in [9.17, 15) is 0 Å². The molecule has 5 rings (SSSR count). The molecule has 2 aromatic carbocycles. The molecule has 148 valence electrons. The molecule has 5 heteroatoms. The molecule has 3 heterocycles. The number of rotatable bonds is 0. The van der Waals surface area contributed by atoms with E-state index in [-0.39, 0.29) is 31.9 Å². The van der Waals surface area contributed by atoms with E-state index in [2.05, 4.69) is 39.8 Å². The zero-order valence-electron chi connectivity index (χ0n) is 16.6. The Morgan fingerprint density at radius 2 is 1.10 bits per heavy atom. The van der Waals surface area contributed by atoms with Gasteiger partial charge in [-0.15, -0.1) is 59.7 Å². The van der Waals surface area contributed by atoms with Crippen LogP contribution in [0, 0.1) is 12.1 Å². The predicted octanol–water partition coefficient (Wildman–Crippen LogP) is 5.56. The minimum Gasteiger partial charge on any atom is -0.488 e. The van der Waals surface area contributed by atoms with E-state index in [1.54, 1.807) is 12.5 Å². The maximum absolute atomic E-state index is 5.84. The fraction of sp³-hybridized carbons (Fsp3) is 0.250. The fourth-order valence-electron chi connectivity index (χ4n) is 3.56. The second-order valence-corrected chi connectivity index (χ2v) is 8.28. The van der Waals surface area contributed by atoms with Crippen molar-refractivity contribution in [3.8, 4) is 22.9 Å². The van der Waals surface area contributed by atoms with Gasteiger partial charge >= 0.3 is 21.1 Å². The minimum atomic E-state index is -0.381.